The number of rotatable bonds is 15. The summed E-state index contributed by atoms with van der Waals surface area (Å²) in [5.74, 6) is 0.358. The largest absolute Gasteiger partial charge is 0.363 e. The second kappa shape index (κ2) is 16.8. The number of nitrogens with zero attached hydrogens (tertiary/aromatic N) is 2. The third kappa shape index (κ3) is 9.09. The molecule has 0 heterocycles. The lowest BCUT2D eigenvalue weighted by Gasteiger charge is -2.29. The summed E-state index contributed by atoms with van der Waals surface area (Å²) >= 11 is 0. The lowest BCUT2D eigenvalue weighted by Crippen LogP contribution is -2.22. The van der Waals surface area contributed by atoms with E-state index in [1.54, 1.807) is 0 Å². The summed E-state index contributed by atoms with van der Waals surface area (Å²) in [5.41, 5.74) is 13.5. The normalized spacial score (nSPS) is 11.1. The molecule has 0 bridgehead atoms. The van der Waals surface area contributed by atoms with E-state index < -0.39 is 0 Å². The van der Waals surface area contributed by atoms with Crippen LogP contribution in [0, 0.1) is 13.8 Å². The molecule has 0 atom stereocenters. The van der Waals surface area contributed by atoms with Crippen molar-refractivity contribution in [3.8, 4) is 0 Å². The van der Waals surface area contributed by atoms with Crippen LogP contribution < -0.4 is 9.80 Å². The molecular weight excluding hydrogens is 593 g/mol. The van der Waals surface area contributed by atoms with Crippen LogP contribution in [-0.4, -0.2) is 0 Å². The number of aryl methyl sites for hydroxylation is 2. The van der Waals surface area contributed by atoms with Crippen molar-refractivity contribution >= 4 is 11.4 Å². The van der Waals surface area contributed by atoms with E-state index in [1.807, 2.05) is 0 Å². The lowest BCUT2D eigenvalue weighted by molar-refractivity contribution is 0.645. The average molecular weight is 643 g/mol. The van der Waals surface area contributed by atoms with Crippen LogP contribution >= 0.6 is 0 Å². The second-order valence-electron chi connectivity index (χ2n) is 13.4. The molecule has 6 aromatic carbocycles. The number of anilines is 2. The van der Waals surface area contributed by atoms with E-state index >= 15 is 0 Å². The van der Waals surface area contributed by atoms with Crippen molar-refractivity contribution in [2.45, 2.75) is 72.1 Å². The Kier molecular flexibility index (Phi) is 11.6. The van der Waals surface area contributed by atoms with Gasteiger partial charge in [0.1, 0.15) is 0 Å². The van der Waals surface area contributed by atoms with E-state index in [4.69, 9.17) is 0 Å². The molecular formula is C47H50N2. The zero-order chi connectivity index (χ0) is 33.8. The molecule has 0 amide bonds. The molecule has 0 N–H and O–H groups in total. The Hall–Kier alpha value is -5.08. The molecule has 0 fully saturated rings. The first-order valence-electron chi connectivity index (χ1n) is 17.9. The molecule has 0 radical (unpaired) electrons. The van der Waals surface area contributed by atoms with Crippen LogP contribution in [0.4, 0.5) is 11.4 Å². The Morgan fingerprint density at radius 3 is 1.04 bits per heavy atom. The molecule has 2 heteroatoms. The average Bonchev–Trinajstić information content (AvgIpc) is 3.14. The van der Waals surface area contributed by atoms with E-state index in [9.17, 15) is 0 Å². The molecule has 0 spiro atoms. The van der Waals surface area contributed by atoms with E-state index in [2.05, 4.69) is 188 Å². The number of hydrogen-bond donors (Lipinski definition) is 0. The Balaban J connectivity index is 1.30. The molecule has 2 nitrogen and oxygen atoms in total. The van der Waals surface area contributed by atoms with Crippen molar-refractivity contribution in [2.24, 2.45) is 0 Å². The Morgan fingerprint density at radius 2 is 0.755 bits per heavy atom. The zero-order valence-electron chi connectivity index (χ0n) is 29.4. The van der Waals surface area contributed by atoms with Crippen LogP contribution in [0.15, 0.2) is 158 Å². The van der Waals surface area contributed by atoms with Gasteiger partial charge < -0.3 is 9.80 Å². The van der Waals surface area contributed by atoms with Crippen molar-refractivity contribution in [1.29, 1.82) is 0 Å². The SMILES string of the molecule is CCCCC(c1ccc(N(Cc2ccccc2)Cc2ccccc2)cc1C)c1ccc(N(Cc2ccccc2)Cc2ccccc2)cc1C. The Labute approximate surface area is 294 Å². The van der Waals surface area contributed by atoms with Crippen molar-refractivity contribution in [3.63, 3.8) is 0 Å². The first kappa shape index (κ1) is 33.8. The van der Waals surface area contributed by atoms with Gasteiger partial charge in [0.05, 0.1) is 0 Å². The van der Waals surface area contributed by atoms with Gasteiger partial charge in [-0.2, -0.15) is 0 Å². The van der Waals surface area contributed by atoms with Crippen LogP contribution in [0.3, 0.4) is 0 Å². The highest BCUT2D eigenvalue weighted by Crippen LogP contribution is 2.37. The van der Waals surface area contributed by atoms with Gasteiger partial charge in [0.15, 0.2) is 0 Å². The fourth-order valence-electron chi connectivity index (χ4n) is 7.07. The minimum absolute atomic E-state index is 0.358. The third-order valence-electron chi connectivity index (χ3n) is 9.70. The number of benzene rings is 6. The quantitative estimate of drug-likeness (QED) is 0.110. The number of unbranched alkanes of at least 4 members (excludes halogenated alkanes) is 1. The molecule has 0 unspecified atom stereocenters. The van der Waals surface area contributed by atoms with Crippen molar-refractivity contribution in [3.05, 3.63) is 202 Å². The monoisotopic (exact) mass is 642 g/mol. The first-order chi connectivity index (χ1) is 24.1. The molecule has 0 aliphatic carbocycles. The molecule has 0 aliphatic heterocycles. The topological polar surface area (TPSA) is 6.48 Å². The van der Waals surface area contributed by atoms with Gasteiger partial charge in [-0.15, -0.1) is 0 Å². The maximum absolute atomic E-state index is 2.51. The van der Waals surface area contributed by atoms with Crippen LogP contribution in [0.2, 0.25) is 0 Å². The van der Waals surface area contributed by atoms with Crippen LogP contribution in [0.5, 0.6) is 0 Å². The minimum Gasteiger partial charge on any atom is -0.363 e. The molecule has 0 aromatic heterocycles. The van der Waals surface area contributed by atoms with Gasteiger partial charge in [0.25, 0.3) is 0 Å². The fraction of sp³-hybridized carbons (Fsp3) is 0.234. The van der Waals surface area contributed by atoms with Crippen LogP contribution in [-0.2, 0) is 26.2 Å². The molecule has 0 saturated carbocycles. The third-order valence-corrected chi connectivity index (χ3v) is 9.70. The molecule has 0 saturated heterocycles. The maximum Gasteiger partial charge on any atom is 0.0433 e. The van der Waals surface area contributed by atoms with E-state index in [1.165, 1.54) is 68.7 Å². The highest BCUT2D eigenvalue weighted by molar-refractivity contribution is 5.57. The van der Waals surface area contributed by atoms with Crippen molar-refractivity contribution in [2.75, 3.05) is 9.80 Å². The minimum atomic E-state index is 0.358. The highest BCUT2D eigenvalue weighted by Gasteiger charge is 2.21. The van der Waals surface area contributed by atoms with E-state index in [0.29, 0.717) is 5.92 Å². The number of hydrogen-bond acceptors (Lipinski definition) is 2. The summed E-state index contributed by atoms with van der Waals surface area (Å²) in [6, 6.07) is 57.7. The fourth-order valence-corrected chi connectivity index (χ4v) is 7.07. The van der Waals surface area contributed by atoms with Gasteiger partial charge in [-0.25, -0.2) is 0 Å². The van der Waals surface area contributed by atoms with Gasteiger partial charge >= 0.3 is 0 Å². The molecule has 6 aromatic rings. The van der Waals surface area contributed by atoms with Gasteiger partial charge in [-0.05, 0) is 89.0 Å². The summed E-state index contributed by atoms with van der Waals surface area (Å²) in [6.07, 6.45) is 3.54. The van der Waals surface area contributed by atoms with Crippen LogP contribution in [0.1, 0.15) is 76.6 Å². The van der Waals surface area contributed by atoms with E-state index in [0.717, 1.165) is 32.6 Å². The van der Waals surface area contributed by atoms with Gasteiger partial charge in [-0.1, -0.05) is 153 Å². The Bertz CT molecular complexity index is 1650. The van der Waals surface area contributed by atoms with Gasteiger partial charge in [0, 0.05) is 43.5 Å². The maximum atomic E-state index is 2.51. The summed E-state index contributed by atoms with van der Waals surface area (Å²) in [6.45, 7) is 10.4. The molecule has 6 rings (SSSR count). The van der Waals surface area contributed by atoms with Crippen molar-refractivity contribution in [1.82, 2.24) is 0 Å². The smallest absolute Gasteiger partial charge is 0.0433 e. The van der Waals surface area contributed by atoms with Gasteiger partial charge in [-0.3, -0.25) is 0 Å². The first-order valence-corrected chi connectivity index (χ1v) is 17.9. The van der Waals surface area contributed by atoms with Crippen molar-refractivity contribution < 1.29 is 0 Å². The predicted molar refractivity (Wildman–Crippen MR) is 209 cm³/mol. The molecule has 248 valence electrons. The summed E-state index contributed by atoms with van der Waals surface area (Å²) < 4.78 is 0. The predicted octanol–water partition coefficient (Wildman–Crippen LogP) is 12.0. The highest BCUT2D eigenvalue weighted by atomic mass is 15.1. The van der Waals surface area contributed by atoms with Gasteiger partial charge in [0.2, 0.25) is 0 Å². The van der Waals surface area contributed by atoms with Crippen LogP contribution in [0.25, 0.3) is 0 Å². The summed E-state index contributed by atoms with van der Waals surface area (Å²) in [7, 11) is 0. The zero-order valence-corrected chi connectivity index (χ0v) is 29.4. The standard InChI is InChI=1S/C47H50N2/c1-4-5-26-47(45-29-27-43(31-37(45)2)48(33-39-18-10-6-11-19-39)34-40-20-12-7-13-21-40)46-30-28-44(32-38(46)3)49(35-41-22-14-8-15-23-41)36-42-24-16-9-17-25-42/h6-25,27-32,47H,4-5,26,33-36H2,1-3H3. The van der Waals surface area contributed by atoms with E-state index in [-0.39, 0.29) is 0 Å². The Morgan fingerprint density at radius 1 is 0.429 bits per heavy atom. The summed E-state index contributed by atoms with van der Waals surface area (Å²) in [4.78, 5) is 5.02. The molecule has 0 aliphatic rings. The lowest BCUT2D eigenvalue weighted by atomic mass is 9.82. The summed E-state index contributed by atoms with van der Waals surface area (Å²) in [5, 5.41) is 0. The second-order valence-corrected chi connectivity index (χ2v) is 13.4. The molecule has 49 heavy (non-hydrogen) atoms.